The number of para-hydroxylation sites is 2. The second-order valence-electron chi connectivity index (χ2n) is 3.80. The summed E-state index contributed by atoms with van der Waals surface area (Å²) in [5.74, 6) is -0.0588. The van der Waals surface area contributed by atoms with Crippen molar-refractivity contribution >= 4 is 23.6 Å². The van der Waals surface area contributed by atoms with Crippen molar-refractivity contribution in [1.29, 1.82) is 0 Å². The maximum absolute atomic E-state index is 11.6. The maximum Gasteiger partial charge on any atom is 0.325 e. The number of carbonyl (C=O) groups excluding carboxylic acids is 2. The summed E-state index contributed by atoms with van der Waals surface area (Å²) in [4.78, 5) is 27.3. The van der Waals surface area contributed by atoms with Crippen molar-refractivity contribution in [1.82, 2.24) is 0 Å². The average Bonchev–Trinajstić information content (AvgIpc) is 2.36. The van der Waals surface area contributed by atoms with Gasteiger partial charge in [0.2, 0.25) is 5.91 Å². The molecule has 1 aromatic carbocycles. The molecule has 6 heteroatoms. The highest BCUT2D eigenvalue weighted by atomic mass is 16.5. The Bertz CT molecular complexity index is 549. The lowest BCUT2D eigenvalue weighted by Crippen LogP contribution is -2.57. The van der Waals surface area contributed by atoms with E-state index < -0.39 is 11.8 Å². The number of rotatable bonds is 4. The zero-order valence-corrected chi connectivity index (χ0v) is 9.74. The molecule has 0 saturated carbocycles. The van der Waals surface area contributed by atoms with Gasteiger partial charge in [0.25, 0.3) is 5.78 Å². The van der Waals surface area contributed by atoms with Crippen molar-refractivity contribution in [2.45, 2.75) is 12.5 Å². The lowest BCUT2D eigenvalue weighted by molar-refractivity contribution is -0.130. The Labute approximate surface area is 103 Å². The van der Waals surface area contributed by atoms with Crippen LogP contribution in [-0.4, -0.2) is 35.8 Å². The number of anilines is 1. The first-order chi connectivity index (χ1) is 8.69. The molecule has 1 amide bonds. The molecular formula is C12H11N3O3. The molecule has 2 rings (SSSR count). The number of Topliss-reactive ketones (excluding diaryl/α,β-unsaturated/α-hetero) is 1. The summed E-state index contributed by atoms with van der Waals surface area (Å²) in [5.41, 5.74) is 8.89. The van der Waals surface area contributed by atoms with Gasteiger partial charge < -0.3 is 10.3 Å². The van der Waals surface area contributed by atoms with Gasteiger partial charge in [0.05, 0.1) is 19.2 Å². The molecule has 0 bridgehead atoms. The molecule has 1 heterocycles. The molecule has 1 fully saturated rings. The summed E-state index contributed by atoms with van der Waals surface area (Å²) in [6, 6.07) is 6.32. The number of ether oxygens (including phenoxy) is 1. The van der Waals surface area contributed by atoms with Crippen molar-refractivity contribution in [2.75, 3.05) is 12.0 Å². The fourth-order valence-corrected chi connectivity index (χ4v) is 1.92. The summed E-state index contributed by atoms with van der Waals surface area (Å²) in [5, 5.41) is 0. The Morgan fingerprint density at radius 3 is 2.89 bits per heavy atom. The second kappa shape index (κ2) is 4.81. The van der Waals surface area contributed by atoms with E-state index in [-0.39, 0.29) is 12.3 Å². The molecule has 0 aromatic heterocycles. The minimum atomic E-state index is -0.621. The predicted octanol–water partition coefficient (Wildman–Crippen LogP) is 0.670. The first kappa shape index (κ1) is 12.0. The number of methoxy groups -OCH3 is 1. The highest BCUT2D eigenvalue weighted by molar-refractivity contribution is 6.32. The van der Waals surface area contributed by atoms with Crippen LogP contribution in [0.25, 0.3) is 5.53 Å². The van der Waals surface area contributed by atoms with Gasteiger partial charge in [-0.25, -0.2) is 0 Å². The van der Waals surface area contributed by atoms with Gasteiger partial charge >= 0.3 is 6.21 Å². The molecule has 0 radical (unpaired) electrons. The molecule has 18 heavy (non-hydrogen) atoms. The average molecular weight is 245 g/mol. The van der Waals surface area contributed by atoms with E-state index in [1.54, 1.807) is 24.3 Å². The van der Waals surface area contributed by atoms with Crippen molar-refractivity contribution in [2.24, 2.45) is 0 Å². The highest BCUT2D eigenvalue weighted by Gasteiger charge is 2.43. The molecule has 1 aromatic rings. The largest absolute Gasteiger partial charge is 0.495 e. The minimum Gasteiger partial charge on any atom is -0.495 e. The summed E-state index contributed by atoms with van der Waals surface area (Å²) in [6.45, 7) is 0. The van der Waals surface area contributed by atoms with Crippen LogP contribution in [0.1, 0.15) is 6.42 Å². The van der Waals surface area contributed by atoms with E-state index in [4.69, 9.17) is 10.3 Å². The number of ketones is 1. The molecule has 92 valence electrons. The molecule has 0 spiro atoms. The van der Waals surface area contributed by atoms with Crippen LogP contribution in [-0.2, 0) is 9.59 Å². The van der Waals surface area contributed by atoms with Crippen LogP contribution < -0.4 is 9.64 Å². The van der Waals surface area contributed by atoms with Crippen LogP contribution in [0.4, 0.5) is 5.69 Å². The first-order valence-corrected chi connectivity index (χ1v) is 5.35. The summed E-state index contributed by atoms with van der Waals surface area (Å²) in [6.07, 6.45) is 0.919. The van der Waals surface area contributed by atoms with Crippen LogP contribution in [0.3, 0.4) is 0 Å². The fourth-order valence-electron chi connectivity index (χ4n) is 1.92. The van der Waals surface area contributed by atoms with Crippen molar-refractivity contribution in [3.8, 4) is 5.75 Å². The zero-order chi connectivity index (χ0) is 13.1. The number of benzene rings is 1. The van der Waals surface area contributed by atoms with Crippen LogP contribution in [0.2, 0.25) is 0 Å². The monoisotopic (exact) mass is 245 g/mol. The molecule has 1 aliphatic heterocycles. The Kier molecular flexibility index (Phi) is 3.21. The number of β-lactam (4-membered cyclic amide) rings is 1. The summed E-state index contributed by atoms with van der Waals surface area (Å²) in [7, 11) is 1.50. The standard InChI is InChI=1S/C12H11N3O3/c1-18-11-5-3-2-4-8(11)15-9(6-12(15)17)10(16)7-14-13/h2-5,7,9H,6H2,1H3. The van der Waals surface area contributed by atoms with Gasteiger partial charge in [-0.3, -0.25) is 14.5 Å². The van der Waals surface area contributed by atoms with Gasteiger partial charge in [-0.2, -0.15) is 4.79 Å². The summed E-state index contributed by atoms with van der Waals surface area (Å²) < 4.78 is 5.15. The zero-order valence-electron chi connectivity index (χ0n) is 9.74. The Hall–Kier alpha value is -2.46. The van der Waals surface area contributed by atoms with E-state index in [1.807, 2.05) is 0 Å². The van der Waals surface area contributed by atoms with Crippen molar-refractivity contribution < 1.29 is 19.1 Å². The minimum absolute atomic E-state index is 0.114. The molecule has 1 saturated heterocycles. The van der Waals surface area contributed by atoms with Gasteiger partial charge in [0.1, 0.15) is 11.8 Å². The first-order valence-electron chi connectivity index (χ1n) is 5.35. The third kappa shape index (κ3) is 1.89. The van der Waals surface area contributed by atoms with Gasteiger partial charge in [-0.15, -0.1) is 0 Å². The van der Waals surface area contributed by atoms with Crippen LogP contribution in [0.5, 0.6) is 5.75 Å². The quantitative estimate of drug-likeness (QED) is 0.338. The topological polar surface area (TPSA) is 83.0 Å². The molecule has 6 nitrogen and oxygen atoms in total. The summed E-state index contributed by atoms with van der Waals surface area (Å²) >= 11 is 0. The number of carbonyl (C=O) groups is 2. The van der Waals surface area contributed by atoms with Crippen molar-refractivity contribution in [3.63, 3.8) is 0 Å². The van der Waals surface area contributed by atoms with Gasteiger partial charge in [-0.1, -0.05) is 12.1 Å². The number of hydrogen-bond donors (Lipinski definition) is 0. The number of hydrogen-bond acceptors (Lipinski definition) is 3. The lowest BCUT2D eigenvalue weighted by atomic mass is 9.96. The third-order valence-corrected chi connectivity index (χ3v) is 2.81. The molecular weight excluding hydrogens is 234 g/mol. The Balaban J connectivity index is 2.33. The van der Waals surface area contributed by atoms with Gasteiger partial charge in [-0.05, 0) is 12.1 Å². The Morgan fingerprint density at radius 2 is 2.28 bits per heavy atom. The van der Waals surface area contributed by atoms with Crippen molar-refractivity contribution in [3.05, 3.63) is 29.8 Å². The van der Waals surface area contributed by atoms with E-state index in [0.29, 0.717) is 11.4 Å². The van der Waals surface area contributed by atoms with Gasteiger partial charge in [0, 0.05) is 0 Å². The molecule has 0 N–H and O–H groups in total. The Morgan fingerprint density at radius 1 is 1.56 bits per heavy atom. The molecule has 0 aliphatic carbocycles. The lowest BCUT2D eigenvalue weighted by Gasteiger charge is -2.38. The predicted molar refractivity (Wildman–Crippen MR) is 63.6 cm³/mol. The van der Waals surface area contributed by atoms with E-state index in [2.05, 4.69) is 4.79 Å². The maximum atomic E-state index is 11.6. The second-order valence-corrected chi connectivity index (χ2v) is 3.80. The molecule has 1 unspecified atom stereocenters. The number of amides is 1. The van der Waals surface area contributed by atoms with Crippen LogP contribution >= 0.6 is 0 Å². The van der Waals surface area contributed by atoms with E-state index >= 15 is 0 Å². The number of nitrogens with zero attached hydrogens (tertiary/aromatic N) is 3. The fraction of sp³-hybridized carbons (Fsp3) is 0.250. The van der Waals surface area contributed by atoms with Gasteiger partial charge in [0.15, 0.2) is 0 Å². The molecule has 1 atom stereocenters. The van der Waals surface area contributed by atoms with E-state index in [0.717, 1.165) is 6.21 Å². The van der Waals surface area contributed by atoms with E-state index in [9.17, 15) is 9.59 Å². The highest BCUT2D eigenvalue weighted by Crippen LogP contribution is 2.35. The van der Waals surface area contributed by atoms with Crippen LogP contribution in [0, 0.1) is 0 Å². The SMILES string of the molecule is COc1ccccc1N1C(=O)CC1C(=O)C=[N+]=[N-]. The van der Waals surface area contributed by atoms with Crippen LogP contribution in [0.15, 0.2) is 24.3 Å². The third-order valence-electron chi connectivity index (χ3n) is 2.81. The van der Waals surface area contributed by atoms with E-state index in [1.165, 1.54) is 12.0 Å². The smallest absolute Gasteiger partial charge is 0.325 e. The normalized spacial score (nSPS) is 17.7. The molecule has 1 aliphatic rings.